The summed E-state index contributed by atoms with van der Waals surface area (Å²) in [4.78, 5) is 0. The third kappa shape index (κ3) is 2.39. The summed E-state index contributed by atoms with van der Waals surface area (Å²) < 4.78 is 45.8. The second kappa shape index (κ2) is 3.96. The van der Waals surface area contributed by atoms with Crippen LogP contribution < -0.4 is 0 Å². The average Bonchev–Trinajstić information content (AvgIpc) is 2.63. The first-order valence-electron chi connectivity index (χ1n) is 4.98. The summed E-state index contributed by atoms with van der Waals surface area (Å²) in [6.45, 7) is 0.162. The van der Waals surface area contributed by atoms with Gasteiger partial charge in [-0.1, -0.05) is 17.3 Å². The predicted octanol–water partition coefficient (Wildman–Crippen LogP) is 2.35. The Morgan fingerprint density at radius 1 is 1.38 bits per heavy atom. The summed E-state index contributed by atoms with van der Waals surface area (Å²) in [6.07, 6.45) is -3.02. The Bertz CT molecular complexity index is 522. The van der Waals surface area contributed by atoms with E-state index in [1.165, 1.54) is 16.9 Å². The van der Waals surface area contributed by atoms with Gasteiger partial charge in [-0.2, -0.15) is 13.2 Å². The van der Waals surface area contributed by atoms with E-state index in [-0.39, 0.29) is 12.7 Å². The minimum absolute atomic E-state index is 0.0167. The summed E-state index contributed by atoms with van der Waals surface area (Å²) >= 11 is 0. The maximum atomic E-state index is 12.4. The maximum absolute atomic E-state index is 12.4. The summed E-state index contributed by atoms with van der Waals surface area (Å²) in [5, 5.41) is 7.04. The van der Waals surface area contributed by atoms with Crippen LogP contribution in [0.1, 0.15) is 12.5 Å². The van der Waals surface area contributed by atoms with Gasteiger partial charge in [0.1, 0.15) is 0 Å². The second-order valence-electron chi connectivity index (χ2n) is 3.24. The van der Waals surface area contributed by atoms with Crippen molar-refractivity contribution in [3.63, 3.8) is 0 Å². The van der Waals surface area contributed by atoms with Crippen molar-refractivity contribution >= 4 is 0 Å². The normalized spacial score (nSPS) is 12.6. The first-order valence-corrected chi connectivity index (χ1v) is 4.48. The molecule has 0 saturated heterocycles. The zero-order valence-electron chi connectivity index (χ0n) is 9.07. The molecule has 0 atom stereocenters. The maximum Gasteiger partial charge on any atom is 0.416 e. The van der Waals surface area contributed by atoms with Crippen LogP contribution in [0.15, 0.2) is 36.6 Å². The van der Waals surface area contributed by atoms with Crippen LogP contribution in [-0.2, 0) is 12.7 Å². The molecular formula is C10H8F3N3. The van der Waals surface area contributed by atoms with Crippen LogP contribution in [0.2, 0.25) is 0 Å². The van der Waals surface area contributed by atoms with Gasteiger partial charge >= 0.3 is 6.18 Å². The molecule has 84 valence electrons. The Labute approximate surface area is 90.9 Å². The highest BCUT2D eigenvalue weighted by Gasteiger charge is 2.30. The number of halogens is 3. The number of aromatic nitrogens is 3. The van der Waals surface area contributed by atoms with Crippen LogP contribution in [0.3, 0.4) is 0 Å². The van der Waals surface area contributed by atoms with E-state index in [1.807, 2.05) is 0 Å². The average molecular weight is 228 g/mol. The zero-order chi connectivity index (χ0) is 12.5. The predicted molar refractivity (Wildman–Crippen MR) is 50.6 cm³/mol. The van der Waals surface area contributed by atoms with Crippen LogP contribution >= 0.6 is 0 Å². The minimum Gasteiger partial charge on any atom is -0.248 e. The number of nitrogens with zero attached hydrogens (tertiary/aromatic N) is 3. The highest BCUT2D eigenvalue weighted by atomic mass is 19.4. The first-order chi connectivity index (χ1) is 7.95. The number of alkyl halides is 3. The van der Waals surface area contributed by atoms with Crippen molar-refractivity contribution in [3.8, 4) is 0 Å². The lowest BCUT2D eigenvalue weighted by atomic mass is 10.1. The minimum atomic E-state index is -4.35. The lowest BCUT2D eigenvalue weighted by Gasteiger charge is -2.08. The number of rotatable bonds is 2. The van der Waals surface area contributed by atoms with Gasteiger partial charge in [0.25, 0.3) is 0 Å². The molecule has 16 heavy (non-hydrogen) atoms. The molecule has 2 rings (SSSR count). The summed E-state index contributed by atoms with van der Waals surface area (Å²) in [5.41, 5.74) is -0.231. The third-order valence-electron chi connectivity index (χ3n) is 2.02. The molecule has 0 saturated carbocycles. The van der Waals surface area contributed by atoms with Gasteiger partial charge in [-0.05, 0) is 17.7 Å². The van der Waals surface area contributed by atoms with Crippen molar-refractivity contribution in [2.45, 2.75) is 12.7 Å². The van der Waals surface area contributed by atoms with Gasteiger partial charge in [0.05, 0.1) is 19.7 Å². The van der Waals surface area contributed by atoms with Crippen molar-refractivity contribution in [2.75, 3.05) is 0 Å². The van der Waals surface area contributed by atoms with E-state index >= 15 is 0 Å². The fraction of sp³-hybridized carbons (Fsp3) is 0.200. The Balaban J connectivity index is 2.22. The molecule has 0 radical (unpaired) electrons. The van der Waals surface area contributed by atoms with E-state index in [2.05, 4.69) is 10.3 Å². The SMILES string of the molecule is [2H]c1cn(Cc2cccc(C(F)(F)F)c2)nn1. The molecule has 0 unspecified atom stereocenters. The standard InChI is InChI=1S/C10H8F3N3/c11-10(12,13)9-3-1-2-8(6-9)7-16-5-4-14-15-16/h1-6H,7H2/i4D. The number of benzene rings is 1. The van der Waals surface area contributed by atoms with Crippen LogP contribution in [0.5, 0.6) is 0 Å². The van der Waals surface area contributed by atoms with Crippen LogP contribution in [0.4, 0.5) is 13.2 Å². The molecule has 0 aliphatic heterocycles. The third-order valence-corrected chi connectivity index (χ3v) is 2.02. The van der Waals surface area contributed by atoms with Crippen LogP contribution in [-0.4, -0.2) is 15.0 Å². The van der Waals surface area contributed by atoms with E-state index in [0.717, 1.165) is 12.1 Å². The Morgan fingerprint density at radius 3 is 2.81 bits per heavy atom. The van der Waals surface area contributed by atoms with Crippen molar-refractivity contribution in [1.29, 1.82) is 0 Å². The summed E-state index contributed by atoms with van der Waals surface area (Å²) in [6, 6.07) is 4.99. The molecule has 2 aromatic rings. The van der Waals surface area contributed by atoms with E-state index in [4.69, 9.17) is 1.37 Å². The van der Waals surface area contributed by atoms with Crippen molar-refractivity contribution in [2.24, 2.45) is 0 Å². The molecule has 0 fully saturated rings. The number of hydrogen-bond acceptors (Lipinski definition) is 2. The van der Waals surface area contributed by atoms with Crippen LogP contribution in [0, 0.1) is 0 Å². The van der Waals surface area contributed by atoms with Gasteiger partial charge in [-0.15, -0.1) is 5.10 Å². The number of hydrogen-bond donors (Lipinski definition) is 0. The monoisotopic (exact) mass is 228 g/mol. The Morgan fingerprint density at radius 2 is 2.19 bits per heavy atom. The van der Waals surface area contributed by atoms with Crippen molar-refractivity contribution in [3.05, 3.63) is 47.8 Å². The molecule has 6 heteroatoms. The topological polar surface area (TPSA) is 30.7 Å². The molecular weight excluding hydrogens is 219 g/mol. The quantitative estimate of drug-likeness (QED) is 0.789. The second-order valence-corrected chi connectivity index (χ2v) is 3.24. The smallest absolute Gasteiger partial charge is 0.248 e. The van der Waals surface area contributed by atoms with E-state index in [1.54, 1.807) is 6.07 Å². The zero-order valence-corrected chi connectivity index (χ0v) is 8.07. The first kappa shape index (κ1) is 9.38. The molecule has 0 bridgehead atoms. The molecule has 0 amide bonds. The molecule has 0 aliphatic carbocycles. The van der Waals surface area contributed by atoms with Crippen molar-refractivity contribution < 1.29 is 14.5 Å². The van der Waals surface area contributed by atoms with Gasteiger partial charge in [-0.25, -0.2) is 4.68 Å². The Kier molecular flexibility index (Phi) is 2.32. The van der Waals surface area contributed by atoms with E-state index in [0.29, 0.717) is 5.56 Å². The molecule has 0 aliphatic rings. The highest BCUT2D eigenvalue weighted by molar-refractivity contribution is 5.25. The molecule has 1 aromatic carbocycles. The molecule has 0 spiro atoms. The summed E-state index contributed by atoms with van der Waals surface area (Å²) in [5.74, 6) is 0. The van der Waals surface area contributed by atoms with E-state index in [9.17, 15) is 13.2 Å². The largest absolute Gasteiger partial charge is 0.416 e. The fourth-order valence-corrected chi connectivity index (χ4v) is 1.31. The van der Waals surface area contributed by atoms with Gasteiger partial charge in [-0.3, -0.25) is 0 Å². The Hall–Kier alpha value is -1.85. The van der Waals surface area contributed by atoms with Gasteiger partial charge in [0.2, 0.25) is 0 Å². The van der Waals surface area contributed by atoms with Gasteiger partial charge in [0, 0.05) is 6.20 Å². The van der Waals surface area contributed by atoms with Gasteiger partial charge in [0.15, 0.2) is 0 Å². The highest BCUT2D eigenvalue weighted by Crippen LogP contribution is 2.29. The van der Waals surface area contributed by atoms with Gasteiger partial charge < -0.3 is 0 Å². The molecule has 3 nitrogen and oxygen atoms in total. The van der Waals surface area contributed by atoms with E-state index < -0.39 is 11.7 Å². The molecule has 1 aromatic heterocycles. The lowest BCUT2D eigenvalue weighted by molar-refractivity contribution is -0.137. The summed E-state index contributed by atoms with van der Waals surface area (Å²) in [7, 11) is 0. The van der Waals surface area contributed by atoms with Crippen LogP contribution in [0.25, 0.3) is 0 Å². The molecule has 0 N–H and O–H groups in total. The lowest BCUT2D eigenvalue weighted by Crippen LogP contribution is -2.07. The van der Waals surface area contributed by atoms with Crippen molar-refractivity contribution in [1.82, 2.24) is 15.0 Å². The fourth-order valence-electron chi connectivity index (χ4n) is 1.31. The molecule has 1 heterocycles.